The minimum absolute atomic E-state index is 0.259. The van der Waals surface area contributed by atoms with Gasteiger partial charge in [0.1, 0.15) is 0 Å². The number of nitrogens with zero attached hydrogens (tertiary/aromatic N) is 1. The van der Waals surface area contributed by atoms with Crippen LogP contribution >= 0.6 is 0 Å². The van der Waals surface area contributed by atoms with Gasteiger partial charge in [-0.25, -0.2) is 0 Å². The van der Waals surface area contributed by atoms with Gasteiger partial charge in [0.25, 0.3) is 0 Å². The predicted molar refractivity (Wildman–Crippen MR) is 72.8 cm³/mol. The van der Waals surface area contributed by atoms with Crippen molar-refractivity contribution in [3.8, 4) is 0 Å². The second-order valence-corrected chi connectivity index (χ2v) is 4.78. The van der Waals surface area contributed by atoms with E-state index in [1.807, 2.05) is 18.2 Å². The lowest BCUT2D eigenvalue weighted by Gasteiger charge is -2.30. The third-order valence-corrected chi connectivity index (χ3v) is 3.29. The molecule has 1 atom stereocenters. The molecule has 1 aromatic rings. The number of benzene rings is 1. The molecule has 0 saturated carbocycles. The van der Waals surface area contributed by atoms with Gasteiger partial charge in [-0.15, -0.1) is 0 Å². The van der Waals surface area contributed by atoms with Crippen molar-refractivity contribution < 1.29 is 4.79 Å². The van der Waals surface area contributed by atoms with E-state index in [2.05, 4.69) is 29.2 Å². The number of nitrogens with two attached hydrogens (primary N) is 1. The Bertz CT molecular complexity index is 414. The number of carbonyl (C=O) groups excluding carboxylic acids is 1. The standard InChI is InChI=1S/C15H20N2O/c16-15(18)12-17(14-9-5-2-6-10-14)11-13-7-3-1-4-8-13/h1,3-5,7-9,14H,2,6,10-12H2,(H2,16,18)/t14-/m1/s1. The first kappa shape index (κ1) is 12.8. The molecule has 2 rings (SSSR count). The van der Waals surface area contributed by atoms with Crippen molar-refractivity contribution in [2.45, 2.75) is 31.8 Å². The van der Waals surface area contributed by atoms with Crippen LogP contribution in [-0.4, -0.2) is 23.4 Å². The van der Waals surface area contributed by atoms with E-state index in [1.165, 1.54) is 12.0 Å². The number of allylic oxidation sites excluding steroid dienone is 1. The van der Waals surface area contributed by atoms with Gasteiger partial charge in [0.15, 0.2) is 0 Å². The van der Waals surface area contributed by atoms with Gasteiger partial charge >= 0.3 is 0 Å². The largest absolute Gasteiger partial charge is 0.369 e. The van der Waals surface area contributed by atoms with Crippen LogP contribution in [0.2, 0.25) is 0 Å². The molecule has 0 unspecified atom stereocenters. The number of hydrogen-bond donors (Lipinski definition) is 1. The lowest BCUT2D eigenvalue weighted by Crippen LogP contribution is -2.40. The zero-order chi connectivity index (χ0) is 12.8. The number of carbonyl (C=O) groups is 1. The average Bonchev–Trinajstić information content (AvgIpc) is 2.40. The highest BCUT2D eigenvalue weighted by Gasteiger charge is 2.19. The number of hydrogen-bond acceptors (Lipinski definition) is 2. The van der Waals surface area contributed by atoms with Crippen molar-refractivity contribution in [2.24, 2.45) is 5.73 Å². The molecule has 0 fully saturated rings. The molecule has 3 heteroatoms. The molecule has 0 saturated heterocycles. The molecule has 1 aromatic carbocycles. The summed E-state index contributed by atoms with van der Waals surface area (Å²) < 4.78 is 0. The Morgan fingerprint density at radius 1 is 1.33 bits per heavy atom. The molecule has 1 amide bonds. The van der Waals surface area contributed by atoms with Crippen molar-refractivity contribution in [1.82, 2.24) is 4.90 Å². The van der Waals surface area contributed by atoms with Gasteiger partial charge in [0.05, 0.1) is 6.54 Å². The van der Waals surface area contributed by atoms with Crippen molar-refractivity contribution in [2.75, 3.05) is 6.54 Å². The van der Waals surface area contributed by atoms with Crippen LogP contribution < -0.4 is 5.73 Å². The van der Waals surface area contributed by atoms with Crippen LogP contribution in [0, 0.1) is 0 Å². The van der Waals surface area contributed by atoms with Crippen LogP contribution in [0.25, 0.3) is 0 Å². The molecule has 0 aromatic heterocycles. The number of rotatable bonds is 5. The Hall–Kier alpha value is -1.61. The fourth-order valence-electron chi connectivity index (χ4n) is 2.41. The van der Waals surface area contributed by atoms with E-state index in [4.69, 9.17) is 5.73 Å². The zero-order valence-electron chi connectivity index (χ0n) is 10.6. The molecule has 1 aliphatic carbocycles. The molecule has 3 nitrogen and oxygen atoms in total. The quantitative estimate of drug-likeness (QED) is 0.806. The summed E-state index contributed by atoms with van der Waals surface area (Å²) in [4.78, 5) is 13.4. The molecule has 0 radical (unpaired) electrons. The second kappa shape index (κ2) is 6.36. The molecular formula is C15H20N2O. The lowest BCUT2D eigenvalue weighted by molar-refractivity contribution is -0.119. The minimum Gasteiger partial charge on any atom is -0.369 e. The molecular weight excluding hydrogens is 224 g/mol. The highest BCUT2D eigenvalue weighted by molar-refractivity contribution is 5.76. The van der Waals surface area contributed by atoms with Crippen LogP contribution in [0.1, 0.15) is 24.8 Å². The minimum atomic E-state index is -0.259. The van der Waals surface area contributed by atoms with Gasteiger partial charge < -0.3 is 5.73 Å². The number of amides is 1. The summed E-state index contributed by atoms with van der Waals surface area (Å²) in [7, 11) is 0. The Kier molecular flexibility index (Phi) is 4.53. The first-order chi connectivity index (χ1) is 8.75. The molecule has 0 aliphatic heterocycles. The Morgan fingerprint density at radius 2 is 2.11 bits per heavy atom. The maximum Gasteiger partial charge on any atom is 0.231 e. The smallest absolute Gasteiger partial charge is 0.231 e. The van der Waals surface area contributed by atoms with Crippen LogP contribution in [-0.2, 0) is 11.3 Å². The van der Waals surface area contributed by atoms with E-state index in [-0.39, 0.29) is 5.91 Å². The zero-order valence-corrected chi connectivity index (χ0v) is 10.6. The van der Waals surface area contributed by atoms with Gasteiger partial charge in [-0.3, -0.25) is 9.69 Å². The SMILES string of the molecule is NC(=O)CN(Cc1ccccc1)[C@@H]1C=CCCC1. The first-order valence-corrected chi connectivity index (χ1v) is 6.48. The van der Waals surface area contributed by atoms with Crippen molar-refractivity contribution >= 4 is 5.91 Å². The van der Waals surface area contributed by atoms with E-state index >= 15 is 0 Å². The predicted octanol–water partition coefficient (Wildman–Crippen LogP) is 2.08. The molecule has 0 spiro atoms. The van der Waals surface area contributed by atoms with Crippen LogP contribution in [0.3, 0.4) is 0 Å². The van der Waals surface area contributed by atoms with Crippen molar-refractivity contribution in [3.05, 3.63) is 48.0 Å². The molecule has 0 bridgehead atoms. The monoisotopic (exact) mass is 244 g/mol. The summed E-state index contributed by atoms with van der Waals surface area (Å²) in [6, 6.07) is 10.6. The van der Waals surface area contributed by atoms with E-state index in [1.54, 1.807) is 0 Å². The van der Waals surface area contributed by atoms with E-state index < -0.39 is 0 Å². The summed E-state index contributed by atoms with van der Waals surface area (Å²) in [5.74, 6) is -0.259. The maximum atomic E-state index is 11.2. The third kappa shape index (κ3) is 3.70. The fraction of sp³-hybridized carbons (Fsp3) is 0.400. The first-order valence-electron chi connectivity index (χ1n) is 6.48. The molecule has 1 aliphatic rings. The van der Waals surface area contributed by atoms with E-state index in [0.29, 0.717) is 12.6 Å². The summed E-state index contributed by atoms with van der Waals surface area (Å²) in [6.07, 6.45) is 7.84. The lowest BCUT2D eigenvalue weighted by atomic mass is 10.0. The van der Waals surface area contributed by atoms with Gasteiger partial charge in [0, 0.05) is 12.6 Å². The Labute approximate surface area is 108 Å². The molecule has 2 N–H and O–H groups in total. The molecule has 96 valence electrons. The second-order valence-electron chi connectivity index (χ2n) is 4.78. The van der Waals surface area contributed by atoms with Crippen LogP contribution in [0.15, 0.2) is 42.5 Å². The van der Waals surface area contributed by atoms with Gasteiger partial charge in [-0.2, -0.15) is 0 Å². The topological polar surface area (TPSA) is 46.3 Å². The van der Waals surface area contributed by atoms with E-state index in [9.17, 15) is 4.79 Å². The maximum absolute atomic E-state index is 11.2. The van der Waals surface area contributed by atoms with Gasteiger partial charge in [-0.1, -0.05) is 42.5 Å². The summed E-state index contributed by atoms with van der Waals surface area (Å²) in [6.45, 7) is 1.10. The normalized spacial score (nSPS) is 19.1. The Morgan fingerprint density at radius 3 is 2.72 bits per heavy atom. The van der Waals surface area contributed by atoms with Crippen LogP contribution in [0.5, 0.6) is 0 Å². The summed E-state index contributed by atoms with van der Waals surface area (Å²) in [5.41, 5.74) is 6.57. The summed E-state index contributed by atoms with van der Waals surface area (Å²) in [5, 5.41) is 0. The Balaban J connectivity index is 2.07. The fourth-order valence-corrected chi connectivity index (χ4v) is 2.41. The van der Waals surface area contributed by atoms with E-state index in [0.717, 1.165) is 19.4 Å². The van der Waals surface area contributed by atoms with Crippen LogP contribution in [0.4, 0.5) is 0 Å². The summed E-state index contributed by atoms with van der Waals surface area (Å²) >= 11 is 0. The highest BCUT2D eigenvalue weighted by atomic mass is 16.1. The highest BCUT2D eigenvalue weighted by Crippen LogP contribution is 2.18. The molecule has 0 heterocycles. The van der Waals surface area contributed by atoms with Gasteiger partial charge in [0.2, 0.25) is 5.91 Å². The molecule has 18 heavy (non-hydrogen) atoms. The average molecular weight is 244 g/mol. The van der Waals surface area contributed by atoms with Crippen molar-refractivity contribution in [3.63, 3.8) is 0 Å². The third-order valence-electron chi connectivity index (χ3n) is 3.29. The van der Waals surface area contributed by atoms with Gasteiger partial charge in [-0.05, 0) is 24.8 Å². The van der Waals surface area contributed by atoms with Crippen molar-refractivity contribution in [1.29, 1.82) is 0 Å². The number of primary amides is 1.